The summed E-state index contributed by atoms with van der Waals surface area (Å²) < 4.78 is 1.45. The van der Waals surface area contributed by atoms with E-state index < -0.39 is 0 Å². The van der Waals surface area contributed by atoms with Crippen molar-refractivity contribution in [2.75, 3.05) is 6.54 Å². The van der Waals surface area contributed by atoms with E-state index in [-0.39, 0.29) is 17.5 Å². The molecule has 1 N–H and O–H groups in total. The van der Waals surface area contributed by atoms with E-state index in [4.69, 9.17) is 4.98 Å². The number of imidazole rings is 1. The highest BCUT2D eigenvalue weighted by atomic mass is 32.1. The molecule has 1 atom stereocenters. The average Bonchev–Trinajstić information content (AvgIpc) is 3.40. The van der Waals surface area contributed by atoms with E-state index in [0.29, 0.717) is 27.2 Å². The van der Waals surface area contributed by atoms with Crippen molar-refractivity contribution in [1.29, 1.82) is 0 Å². The van der Waals surface area contributed by atoms with Crippen LogP contribution in [0.15, 0.2) is 35.4 Å². The van der Waals surface area contributed by atoms with Crippen LogP contribution in [0, 0.1) is 6.92 Å². The number of fused-ring (bicyclic) bond motifs is 2. The topological polar surface area (TPSA) is 83.9 Å². The van der Waals surface area contributed by atoms with E-state index in [9.17, 15) is 9.59 Å². The van der Waals surface area contributed by atoms with Gasteiger partial charge in [-0.15, -0.1) is 11.3 Å². The number of carbonyl (C=O) groups is 1. The second-order valence-electron chi connectivity index (χ2n) is 7.19. The van der Waals surface area contributed by atoms with Gasteiger partial charge in [0.1, 0.15) is 10.7 Å². The Morgan fingerprint density at radius 1 is 1.32 bits per heavy atom. The Morgan fingerprint density at radius 2 is 2.14 bits per heavy atom. The zero-order valence-corrected chi connectivity index (χ0v) is 16.4. The summed E-state index contributed by atoms with van der Waals surface area (Å²) in [7, 11) is 1.67. The molecule has 0 saturated carbocycles. The molecule has 1 aromatic carbocycles. The first-order valence-corrected chi connectivity index (χ1v) is 10.1. The van der Waals surface area contributed by atoms with Crippen molar-refractivity contribution in [3.05, 3.63) is 57.2 Å². The molecule has 0 spiro atoms. The molecule has 1 aliphatic heterocycles. The molecular formula is C20H19N5O2S. The summed E-state index contributed by atoms with van der Waals surface area (Å²) in [5.41, 5.74) is 2.48. The van der Waals surface area contributed by atoms with Gasteiger partial charge in [-0.3, -0.25) is 9.59 Å². The molecule has 5 rings (SSSR count). The number of thiophene rings is 1. The van der Waals surface area contributed by atoms with Crippen molar-refractivity contribution >= 4 is 38.5 Å². The van der Waals surface area contributed by atoms with Crippen LogP contribution < -0.4 is 5.56 Å². The molecule has 7 nitrogen and oxygen atoms in total. The summed E-state index contributed by atoms with van der Waals surface area (Å²) in [6.07, 6.45) is 3.30. The molecule has 8 heteroatoms. The predicted octanol–water partition coefficient (Wildman–Crippen LogP) is 3.16. The van der Waals surface area contributed by atoms with Gasteiger partial charge in [0.15, 0.2) is 0 Å². The van der Waals surface area contributed by atoms with Crippen LogP contribution in [0.2, 0.25) is 0 Å². The minimum atomic E-state index is -0.118. The highest BCUT2D eigenvalue weighted by Gasteiger charge is 2.34. The van der Waals surface area contributed by atoms with Gasteiger partial charge in [0, 0.05) is 13.6 Å². The fourth-order valence-corrected chi connectivity index (χ4v) is 5.06. The first kappa shape index (κ1) is 17.1. The predicted molar refractivity (Wildman–Crippen MR) is 109 cm³/mol. The number of hydrogen-bond donors (Lipinski definition) is 1. The molecular weight excluding hydrogens is 374 g/mol. The monoisotopic (exact) mass is 393 g/mol. The van der Waals surface area contributed by atoms with Gasteiger partial charge in [0.25, 0.3) is 11.5 Å². The normalized spacial score (nSPS) is 17.1. The Balaban J connectivity index is 1.56. The lowest BCUT2D eigenvalue weighted by atomic mass is 10.1. The molecule has 1 fully saturated rings. The van der Waals surface area contributed by atoms with E-state index in [1.54, 1.807) is 7.05 Å². The zero-order valence-electron chi connectivity index (χ0n) is 15.6. The number of aromatic nitrogens is 4. The van der Waals surface area contributed by atoms with Crippen LogP contribution in [0.25, 0.3) is 21.3 Å². The van der Waals surface area contributed by atoms with Gasteiger partial charge >= 0.3 is 0 Å². The lowest BCUT2D eigenvalue weighted by Gasteiger charge is -2.22. The van der Waals surface area contributed by atoms with Crippen LogP contribution in [-0.4, -0.2) is 36.9 Å². The zero-order chi connectivity index (χ0) is 19.4. The van der Waals surface area contributed by atoms with Crippen molar-refractivity contribution in [1.82, 2.24) is 24.4 Å². The van der Waals surface area contributed by atoms with Gasteiger partial charge in [-0.25, -0.2) is 9.97 Å². The number of H-pyrrole nitrogens is 1. The molecule has 1 saturated heterocycles. The third-order valence-electron chi connectivity index (χ3n) is 5.44. The van der Waals surface area contributed by atoms with E-state index >= 15 is 0 Å². The van der Waals surface area contributed by atoms with Crippen molar-refractivity contribution in [3.63, 3.8) is 0 Å². The maximum absolute atomic E-state index is 13.4. The van der Waals surface area contributed by atoms with E-state index in [0.717, 1.165) is 29.7 Å². The SMILES string of the molecule is Cc1c(C(=O)N2CCCC2c2nc3ccccc3[nH]2)sc2ncn(C)c(=O)c12. The van der Waals surface area contributed by atoms with Gasteiger partial charge in [-0.2, -0.15) is 0 Å². The van der Waals surface area contributed by atoms with Gasteiger partial charge in [-0.05, 0) is 37.5 Å². The molecule has 1 amide bonds. The Hall–Kier alpha value is -3.00. The first-order valence-electron chi connectivity index (χ1n) is 9.25. The first-order chi connectivity index (χ1) is 13.5. The standard InChI is InChI=1S/C20H19N5O2S/c1-11-15-18(21-10-24(2)19(15)26)28-16(11)20(27)25-9-5-8-14(25)17-22-12-6-3-4-7-13(12)23-17/h3-4,6-7,10,14H,5,8-9H2,1-2H3,(H,22,23). The minimum Gasteiger partial charge on any atom is -0.340 e. The van der Waals surface area contributed by atoms with E-state index in [2.05, 4.69) is 9.97 Å². The van der Waals surface area contributed by atoms with Crippen molar-refractivity contribution in [2.45, 2.75) is 25.8 Å². The van der Waals surface area contributed by atoms with Crippen molar-refractivity contribution in [3.8, 4) is 0 Å². The Morgan fingerprint density at radius 3 is 2.96 bits per heavy atom. The van der Waals surface area contributed by atoms with Crippen LogP contribution in [0.4, 0.5) is 0 Å². The fraction of sp³-hybridized carbons (Fsp3) is 0.300. The molecule has 1 unspecified atom stereocenters. The molecule has 4 aromatic rings. The van der Waals surface area contributed by atoms with E-state index in [1.165, 1.54) is 22.2 Å². The molecule has 142 valence electrons. The summed E-state index contributed by atoms with van der Waals surface area (Å²) in [6.45, 7) is 2.51. The van der Waals surface area contributed by atoms with Crippen LogP contribution in [0.3, 0.4) is 0 Å². The Labute approximate surface area is 164 Å². The van der Waals surface area contributed by atoms with Gasteiger partial charge < -0.3 is 14.5 Å². The van der Waals surface area contributed by atoms with Crippen molar-refractivity contribution < 1.29 is 4.79 Å². The lowest BCUT2D eigenvalue weighted by Crippen LogP contribution is -2.31. The molecule has 1 aliphatic rings. The quantitative estimate of drug-likeness (QED) is 0.567. The average molecular weight is 393 g/mol. The number of benzene rings is 1. The van der Waals surface area contributed by atoms with Gasteiger partial charge in [0.05, 0.1) is 33.7 Å². The summed E-state index contributed by atoms with van der Waals surface area (Å²) in [4.78, 5) is 41.3. The lowest BCUT2D eigenvalue weighted by molar-refractivity contribution is 0.0735. The second kappa shape index (κ2) is 6.27. The number of rotatable bonds is 2. The van der Waals surface area contributed by atoms with Crippen LogP contribution in [-0.2, 0) is 7.05 Å². The number of amides is 1. The smallest absolute Gasteiger partial charge is 0.264 e. The molecule has 28 heavy (non-hydrogen) atoms. The molecule has 3 aromatic heterocycles. The molecule has 4 heterocycles. The minimum absolute atomic E-state index is 0.0505. The summed E-state index contributed by atoms with van der Waals surface area (Å²) in [5, 5.41) is 0.540. The number of likely N-dealkylation sites (tertiary alicyclic amines) is 1. The maximum Gasteiger partial charge on any atom is 0.264 e. The van der Waals surface area contributed by atoms with Crippen molar-refractivity contribution in [2.24, 2.45) is 7.05 Å². The molecule has 0 aliphatic carbocycles. The third kappa shape index (κ3) is 2.48. The van der Waals surface area contributed by atoms with Crippen LogP contribution in [0.5, 0.6) is 0 Å². The van der Waals surface area contributed by atoms with Crippen LogP contribution >= 0.6 is 11.3 Å². The number of aryl methyl sites for hydroxylation is 2. The molecule has 0 bridgehead atoms. The number of para-hydroxylation sites is 2. The second-order valence-corrected chi connectivity index (χ2v) is 8.19. The summed E-state index contributed by atoms with van der Waals surface area (Å²) in [6, 6.07) is 7.80. The highest BCUT2D eigenvalue weighted by molar-refractivity contribution is 7.20. The molecule has 0 radical (unpaired) electrons. The summed E-state index contributed by atoms with van der Waals surface area (Å²) in [5.74, 6) is 0.769. The fourth-order valence-electron chi connectivity index (χ4n) is 3.97. The number of nitrogens with one attached hydrogen (secondary N) is 1. The van der Waals surface area contributed by atoms with Gasteiger partial charge in [0.2, 0.25) is 0 Å². The maximum atomic E-state index is 13.4. The number of carbonyl (C=O) groups excluding carboxylic acids is 1. The Kier molecular flexibility index (Phi) is 3.83. The highest BCUT2D eigenvalue weighted by Crippen LogP contribution is 2.35. The largest absolute Gasteiger partial charge is 0.340 e. The Bertz CT molecular complexity index is 1250. The number of aromatic amines is 1. The number of hydrogen-bond acceptors (Lipinski definition) is 5. The van der Waals surface area contributed by atoms with Crippen LogP contribution in [0.1, 0.15) is 39.9 Å². The van der Waals surface area contributed by atoms with Gasteiger partial charge in [-0.1, -0.05) is 12.1 Å². The van der Waals surface area contributed by atoms with E-state index in [1.807, 2.05) is 36.1 Å². The summed E-state index contributed by atoms with van der Waals surface area (Å²) >= 11 is 1.30. The number of nitrogens with zero attached hydrogens (tertiary/aromatic N) is 4. The third-order valence-corrected chi connectivity index (χ3v) is 6.63.